The Morgan fingerprint density at radius 2 is 1.38 bits per heavy atom. The Bertz CT molecular complexity index is 1210. The van der Waals surface area contributed by atoms with E-state index < -0.39 is 4.32 Å². The zero-order valence-electron chi connectivity index (χ0n) is 21.4. The first-order valence-electron chi connectivity index (χ1n) is 12.7. The first-order valence-corrected chi connectivity index (χ1v) is 13.5. The summed E-state index contributed by atoms with van der Waals surface area (Å²) >= 11 is 3.31. The first kappa shape index (κ1) is 26.7. The van der Waals surface area contributed by atoms with Crippen LogP contribution in [0.4, 0.5) is 0 Å². The summed E-state index contributed by atoms with van der Waals surface area (Å²) in [6, 6.07) is 28.6. The van der Waals surface area contributed by atoms with Crippen LogP contribution >= 0.6 is 15.9 Å². The van der Waals surface area contributed by atoms with E-state index in [0.717, 1.165) is 65.3 Å². The number of unbranched alkanes of at least 4 members (excludes halogenated alkanes) is 3. The Balaban J connectivity index is 1.30. The van der Waals surface area contributed by atoms with Crippen molar-refractivity contribution in [2.75, 3.05) is 13.2 Å². The molecule has 4 rings (SSSR count). The number of nitrogens with zero attached hydrogens (tertiary/aromatic N) is 1. The highest BCUT2D eigenvalue weighted by Crippen LogP contribution is 2.33. The van der Waals surface area contributed by atoms with E-state index in [9.17, 15) is 4.79 Å². The minimum absolute atomic E-state index is 0.221. The van der Waals surface area contributed by atoms with Crippen molar-refractivity contribution in [2.45, 2.75) is 43.9 Å². The van der Waals surface area contributed by atoms with E-state index >= 15 is 0 Å². The van der Waals surface area contributed by atoms with Crippen molar-refractivity contribution in [3.63, 3.8) is 0 Å². The SMILES string of the molecule is CC(C)(Br)C(=O)OCCCCCCOc1ccc(-c2nc(-c3ccccc3)c(-c3ccccc3)[nH]2)cc1. The molecule has 0 aliphatic heterocycles. The lowest BCUT2D eigenvalue weighted by Crippen LogP contribution is -2.26. The molecular formula is C31H33BrN2O3. The van der Waals surface area contributed by atoms with E-state index in [4.69, 9.17) is 14.5 Å². The monoisotopic (exact) mass is 560 g/mol. The van der Waals surface area contributed by atoms with Crippen LogP contribution in [0.3, 0.4) is 0 Å². The number of ether oxygens (including phenoxy) is 2. The predicted octanol–water partition coefficient (Wildman–Crippen LogP) is 8.07. The highest BCUT2D eigenvalue weighted by atomic mass is 79.9. The molecule has 0 bridgehead atoms. The van der Waals surface area contributed by atoms with Crippen LogP contribution in [0.15, 0.2) is 84.9 Å². The number of halogens is 1. The number of rotatable bonds is 12. The number of aromatic nitrogens is 2. The minimum atomic E-state index is -0.623. The summed E-state index contributed by atoms with van der Waals surface area (Å²) in [6.07, 6.45) is 3.86. The summed E-state index contributed by atoms with van der Waals surface area (Å²) in [5, 5.41) is 0. The van der Waals surface area contributed by atoms with Crippen molar-refractivity contribution in [2.24, 2.45) is 0 Å². The molecule has 1 N–H and O–H groups in total. The topological polar surface area (TPSA) is 64.2 Å². The fourth-order valence-corrected chi connectivity index (χ4v) is 4.04. The van der Waals surface area contributed by atoms with Gasteiger partial charge < -0.3 is 14.5 Å². The van der Waals surface area contributed by atoms with E-state index in [1.807, 2.05) is 60.7 Å². The van der Waals surface area contributed by atoms with Crippen LogP contribution in [0.1, 0.15) is 39.5 Å². The van der Waals surface area contributed by atoms with E-state index in [1.54, 1.807) is 13.8 Å². The van der Waals surface area contributed by atoms with Crippen LogP contribution < -0.4 is 4.74 Å². The number of benzene rings is 3. The molecule has 6 heteroatoms. The fraction of sp³-hybridized carbons (Fsp3) is 0.290. The van der Waals surface area contributed by atoms with Crippen LogP contribution in [0, 0.1) is 0 Å². The normalized spacial score (nSPS) is 11.3. The summed E-state index contributed by atoms with van der Waals surface area (Å²) in [7, 11) is 0. The zero-order chi connectivity index (χ0) is 26.1. The number of hydrogen-bond donors (Lipinski definition) is 1. The standard InChI is InChI=1S/C31H33BrN2O3/c1-31(2,32)30(35)37-22-12-4-3-11-21-36-26-19-17-25(18-20-26)29-33-27(23-13-7-5-8-14-23)28(34-29)24-15-9-6-10-16-24/h5-10,13-20H,3-4,11-12,21-22H2,1-2H3,(H,33,34). The Morgan fingerprint density at radius 1 is 0.784 bits per heavy atom. The van der Waals surface area contributed by atoms with E-state index in [0.29, 0.717) is 13.2 Å². The summed E-state index contributed by atoms with van der Waals surface area (Å²) in [5.41, 5.74) is 5.13. The van der Waals surface area contributed by atoms with Crippen LogP contribution in [0.25, 0.3) is 33.9 Å². The van der Waals surface area contributed by atoms with Crippen molar-refractivity contribution in [1.82, 2.24) is 9.97 Å². The fourth-order valence-electron chi connectivity index (χ4n) is 3.92. The lowest BCUT2D eigenvalue weighted by molar-refractivity contribution is -0.145. The smallest absolute Gasteiger partial charge is 0.322 e. The lowest BCUT2D eigenvalue weighted by atomic mass is 10.1. The second-order valence-corrected chi connectivity index (χ2v) is 11.4. The first-order chi connectivity index (χ1) is 17.9. The predicted molar refractivity (Wildman–Crippen MR) is 153 cm³/mol. The number of nitrogens with one attached hydrogen (secondary N) is 1. The van der Waals surface area contributed by atoms with Gasteiger partial charge in [0.1, 0.15) is 15.9 Å². The molecule has 192 valence electrons. The number of aromatic amines is 1. The van der Waals surface area contributed by atoms with Gasteiger partial charge in [-0.3, -0.25) is 4.79 Å². The third-order valence-electron chi connectivity index (χ3n) is 5.97. The van der Waals surface area contributed by atoms with Crippen molar-refractivity contribution >= 4 is 21.9 Å². The number of H-pyrrole nitrogens is 1. The molecule has 0 aliphatic rings. The number of imidazole rings is 1. The van der Waals surface area contributed by atoms with E-state index in [2.05, 4.69) is 45.2 Å². The van der Waals surface area contributed by atoms with Gasteiger partial charge in [-0.25, -0.2) is 4.98 Å². The zero-order valence-corrected chi connectivity index (χ0v) is 23.0. The molecule has 5 nitrogen and oxygen atoms in total. The number of carbonyl (C=O) groups excluding carboxylic acids is 1. The van der Waals surface area contributed by atoms with Crippen LogP contribution in [0.2, 0.25) is 0 Å². The Hall–Kier alpha value is -3.38. The van der Waals surface area contributed by atoms with Crippen molar-refractivity contribution in [3.8, 4) is 39.7 Å². The van der Waals surface area contributed by atoms with Crippen LogP contribution in [-0.2, 0) is 9.53 Å². The molecule has 0 fully saturated rings. The second-order valence-electron chi connectivity index (χ2n) is 9.44. The average Bonchev–Trinajstić information content (AvgIpc) is 3.36. The quantitative estimate of drug-likeness (QED) is 0.108. The third-order valence-corrected chi connectivity index (χ3v) is 6.29. The van der Waals surface area contributed by atoms with Gasteiger partial charge in [0.05, 0.1) is 24.6 Å². The molecule has 0 amide bonds. The summed E-state index contributed by atoms with van der Waals surface area (Å²) < 4.78 is 10.6. The molecule has 0 unspecified atom stereocenters. The molecule has 0 spiro atoms. The summed E-state index contributed by atoms with van der Waals surface area (Å²) in [6.45, 7) is 4.70. The second kappa shape index (κ2) is 12.7. The third kappa shape index (κ3) is 7.56. The van der Waals surface area contributed by atoms with Gasteiger partial charge >= 0.3 is 5.97 Å². The minimum Gasteiger partial charge on any atom is -0.494 e. The van der Waals surface area contributed by atoms with Gasteiger partial charge in [0.15, 0.2) is 0 Å². The highest BCUT2D eigenvalue weighted by Gasteiger charge is 2.25. The number of alkyl halides is 1. The van der Waals surface area contributed by atoms with Crippen molar-refractivity contribution < 1.29 is 14.3 Å². The van der Waals surface area contributed by atoms with Crippen molar-refractivity contribution in [3.05, 3.63) is 84.9 Å². The Kier molecular flexibility index (Phi) is 9.18. The molecule has 4 aromatic rings. The van der Waals surface area contributed by atoms with E-state index in [-0.39, 0.29) is 5.97 Å². The average molecular weight is 562 g/mol. The van der Waals surface area contributed by atoms with E-state index in [1.165, 1.54) is 0 Å². The van der Waals surface area contributed by atoms with Crippen molar-refractivity contribution in [1.29, 1.82) is 0 Å². The Labute approximate surface area is 227 Å². The number of hydrogen-bond acceptors (Lipinski definition) is 4. The molecule has 0 saturated carbocycles. The molecule has 0 radical (unpaired) electrons. The van der Waals surface area contributed by atoms with Gasteiger partial charge in [-0.15, -0.1) is 0 Å². The maximum atomic E-state index is 11.7. The molecule has 0 atom stereocenters. The molecule has 1 heterocycles. The van der Waals surface area contributed by atoms with Gasteiger partial charge in [0.25, 0.3) is 0 Å². The van der Waals surface area contributed by atoms with Gasteiger partial charge in [-0.05, 0) is 63.8 Å². The van der Waals surface area contributed by atoms with Gasteiger partial charge in [0, 0.05) is 16.7 Å². The molecule has 37 heavy (non-hydrogen) atoms. The summed E-state index contributed by atoms with van der Waals surface area (Å²) in [4.78, 5) is 20.2. The van der Waals surface area contributed by atoms with Crippen LogP contribution in [0.5, 0.6) is 5.75 Å². The van der Waals surface area contributed by atoms with Crippen LogP contribution in [-0.4, -0.2) is 33.5 Å². The Morgan fingerprint density at radius 3 is 2.00 bits per heavy atom. The van der Waals surface area contributed by atoms with Gasteiger partial charge in [-0.1, -0.05) is 76.6 Å². The molecule has 3 aromatic carbocycles. The molecular weight excluding hydrogens is 528 g/mol. The molecule has 0 saturated heterocycles. The maximum Gasteiger partial charge on any atom is 0.322 e. The number of esters is 1. The highest BCUT2D eigenvalue weighted by molar-refractivity contribution is 9.10. The number of carbonyl (C=O) groups is 1. The van der Waals surface area contributed by atoms with Gasteiger partial charge in [0.2, 0.25) is 0 Å². The largest absolute Gasteiger partial charge is 0.494 e. The molecule has 1 aromatic heterocycles. The summed E-state index contributed by atoms with van der Waals surface area (Å²) in [5.74, 6) is 1.45. The lowest BCUT2D eigenvalue weighted by Gasteiger charge is -2.14. The van der Waals surface area contributed by atoms with Gasteiger partial charge in [-0.2, -0.15) is 0 Å². The molecule has 0 aliphatic carbocycles. The maximum absolute atomic E-state index is 11.7.